The molecular formula is C20H21N3O2S. The summed E-state index contributed by atoms with van der Waals surface area (Å²) < 4.78 is 5.60. The van der Waals surface area contributed by atoms with Crippen LogP contribution in [0.4, 0.5) is 0 Å². The van der Waals surface area contributed by atoms with Gasteiger partial charge in [-0.1, -0.05) is 61.2 Å². The van der Waals surface area contributed by atoms with Gasteiger partial charge in [-0.25, -0.2) is 0 Å². The van der Waals surface area contributed by atoms with Gasteiger partial charge in [-0.3, -0.25) is 4.79 Å². The van der Waals surface area contributed by atoms with Gasteiger partial charge in [0.2, 0.25) is 11.8 Å². The van der Waals surface area contributed by atoms with Gasteiger partial charge in [-0.15, -0.1) is 10.2 Å². The number of carbonyl (C=O) groups is 1. The Morgan fingerprint density at radius 3 is 2.54 bits per heavy atom. The number of nitrogens with zero attached hydrogens (tertiary/aromatic N) is 2. The third kappa shape index (κ3) is 4.73. The fourth-order valence-corrected chi connectivity index (χ4v) is 3.08. The molecule has 3 aromatic rings. The van der Waals surface area contributed by atoms with Crippen LogP contribution in [0.1, 0.15) is 31.0 Å². The fourth-order valence-electron chi connectivity index (χ4n) is 2.50. The number of nitrogens with one attached hydrogen (secondary N) is 1. The van der Waals surface area contributed by atoms with Crippen LogP contribution in [0.3, 0.4) is 0 Å². The minimum Gasteiger partial charge on any atom is -0.411 e. The number of hydrogen-bond donors (Lipinski definition) is 1. The molecule has 1 amide bonds. The summed E-state index contributed by atoms with van der Waals surface area (Å²) in [4.78, 5) is 12.2. The first kappa shape index (κ1) is 18.2. The second kappa shape index (κ2) is 8.67. The van der Waals surface area contributed by atoms with E-state index in [1.54, 1.807) is 0 Å². The Bertz CT molecular complexity index is 847. The van der Waals surface area contributed by atoms with E-state index in [1.807, 2.05) is 37.3 Å². The summed E-state index contributed by atoms with van der Waals surface area (Å²) in [7, 11) is 0. The quantitative estimate of drug-likeness (QED) is 0.632. The maximum atomic E-state index is 12.2. The van der Waals surface area contributed by atoms with Crippen molar-refractivity contribution >= 4 is 17.7 Å². The van der Waals surface area contributed by atoms with Crippen LogP contribution in [0.15, 0.2) is 64.2 Å². The third-order valence-electron chi connectivity index (χ3n) is 4.02. The molecule has 1 atom stereocenters. The van der Waals surface area contributed by atoms with E-state index in [0.29, 0.717) is 11.1 Å². The van der Waals surface area contributed by atoms with Gasteiger partial charge in [0, 0.05) is 5.56 Å². The summed E-state index contributed by atoms with van der Waals surface area (Å²) in [6.45, 7) is 4.10. The normalized spacial score (nSPS) is 11.9. The molecule has 0 saturated carbocycles. The number of carbonyl (C=O) groups excluding carboxylic acids is 1. The molecule has 1 unspecified atom stereocenters. The van der Waals surface area contributed by atoms with E-state index >= 15 is 0 Å². The Balaban J connectivity index is 1.51. The molecule has 134 valence electrons. The van der Waals surface area contributed by atoms with E-state index in [9.17, 15) is 4.79 Å². The van der Waals surface area contributed by atoms with Crippen LogP contribution >= 0.6 is 11.8 Å². The molecule has 0 saturated heterocycles. The average Bonchev–Trinajstić information content (AvgIpc) is 3.16. The van der Waals surface area contributed by atoms with Gasteiger partial charge in [-0.05, 0) is 36.6 Å². The van der Waals surface area contributed by atoms with E-state index < -0.39 is 0 Å². The summed E-state index contributed by atoms with van der Waals surface area (Å²) in [5.41, 5.74) is 3.23. The second-order valence-corrected chi connectivity index (χ2v) is 6.84. The van der Waals surface area contributed by atoms with Crippen LogP contribution in [0.5, 0.6) is 0 Å². The maximum absolute atomic E-state index is 12.2. The zero-order chi connectivity index (χ0) is 18.4. The van der Waals surface area contributed by atoms with Crippen LogP contribution in [-0.2, 0) is 11.2 Å². The van der Waals surface area contributed by atoms with E-state index in [-0.39, 0.29) is 17.7 Å². The van der Waals surface area contributed by atoms with Crippen molar-refractivity contribution in [3.05, 3.63) is 65.7 Å². The van der Waals surface area contributed by atoms with Gasteiger partial charge in [0.1, 0.15) is 0 Å². The minimum absolute atomic E-state index is 0.0448. The molecule has 0 spiro atoms. The number of aryl methyl sites for hydroxylation is 1. The van der Waals surface area contributed by atoms with Gasteiger partial charge < -0.3 is 9.73 Å². The zero-order valence-electron chi connectivity index (χ0n) is 14.8. The predicted octanol–water partition coefficient (Wildman–Crippen LogP) is 4.27. The highest BCUT2D eigenvalue weighted by molar-refractivity contribution is 7.99. The smallest absolute Gasteiger partial charge is 0.277 e. The number of amides is 1. The van der Waals surface area contributed by atoms with Gasteiger partial charge in [0.15, 0.2) is 0 Å². The summed E-state index contributed by atoms with van der Waals surface area (Å²) in [6, 6.07) is 17.8. The molecule has 0 aliphatic heterocycles. The summed E-state index contributed by atoms with van der Waals surface area (Å²) in [6.07, 6.45) is 1.01. The van der Waals surface area contributed by atoms with E-state index in [2.05, 4.69) is 46.7 Å². The highest BCUT2D eigenvalue weighted by atomic mass is 32.2. The fraction of sp³-hybridized carbons (Fsp3) is 0.250. The standard InChI is InChI=1S/C20H21N3O2S/c1-3-15-9-11-16(12-10-15)14(2)21-18(24)13-26-20-23-22-19(25-20)17-7-5-4-6-8-17/h4-12,14H,3,13H2,1-2H3,(H,21,24). The molecule has 6 heteroatoms. The van der Waals surface area contributed by atoms with Gasteiger partial charge in [0.25, 0.3) is 5.22 Å². The molecule has 0 radical (unpaired) electrons. The molecule has 3 rings (SSSR count). The highest BCUT2D eigenvalue weighted by Crippen LogP contribution is 2.23. The largest absolute Gasteiger partial charge is 0.411 e. The number of thioether (sulfide) groups is 1. The lowest BCUT2D eigenvalue weighted by Crippen LogP contribution is -2.28. The molecule has 1 heterocycles. The Labute approximate surface area is 157 Å². The highest BCUT2D eigenvalue weighted by Gasteiger charge is 2.13. The first-order valence-electron chi connectivity index (χ1n) is 8.55. The Morgan fingerprint density at radius 1 is 1.12 bits per heavy atom. The number of hydrogen-bond acceptors (Lipinski definition) is 5. The molecule has 0 bridgehead atoms. The van der Waals surface area contributed by atoms with E-state index in [0.717, 1.165) is 17.5 Å². The van der Waals surface area contributed by atoms with Crippen molar-refractivity contribution < 1.29 is 9.21 Å². The van der Waals surface area contributed by atoms with Crippen LogP contribution < -0.4 is 5.32 Å². The lowest BCUT2D eigenvalue weighted by molar-refractivity contribution is -0.119. The van der Waals surface area contributed by atoms with Crippen LogP contribution in [0, 0.1) is 0 Å². The molecular weight excluding hydrogens is 346 g/mol. The number of benzene rings is 2. The Hall–Kier alpha value is -2.60. The summed E-state index contributed by atoms with van der Waals surface area (Å²) in [5.74, 6) is 0.618. The Kier molecular flexibility index (Phi) is 6.07. The van der Waals surface area contributed by atoms with Gasteiger partial charge in [-0.2, -0.15) is 0 Å². The van der Waals surface area contributed by atoms with E-state index in [1.165, 1.54) is 17.3 Å². The molecule has 2 aromatic carbocycles. The van der Waals surface area contributed by atoms with Crippen molar-refractivity contribution in [1.29, 1.82) is 0 Å². The van der Waals surface area contributed by atoms with Crippen LogP contribution in [-0.4, -0.2) is 21.9 Å². The van der Waals surface area contributed by atoms with Crippen molar-refractivity contribution in [3.8, 4) is 11.5 Å². The first-order chi connectivity index (χ1) is 12.7. The van der Waals surface area contributed by atoms with Gasteiger partial charge >= 0.3 is 0 Å². The average molecular weight is 367 g/mol. The first-order valence-corrected chi connectivity index (χ1v) is 9.54. The molecule has 26 heavy (non-hydrogen) atoms. The lowest BCUT2D eigenvalue weighted by Gasteiger charge is -2.14. The molecule has 5 nitrogen and oxygen atoms in total. The molecule has 1 N–H and O–H groups in total. The summed E-state index contributed by atoms with van der Waals surface area (Å²) in [5, 5.41) is 11.4. The number of rotatable bonds is 7. The number of aromatic nitrogens is 2. The van der Waals surface area contributed by atoms with Crippen molar-refractivity contribution in [2.24, 2.45) is 0 Å². The van der Waals surface area contributed by atoms with Crippen molar-refractivity contribution in [2.75, 3.05) is 5.75 Å². The molecule has 0 aliphatic carbocycles. The molecule has 0 fully saturated rings. The second-order valence-electron chi connectivity index (χ2n) is 5.91. The van der Waals surface area contributed by atoms with E-state index in [4.69, 9.17) is 4.42 Å². The van der Waals surface area contributed by atoms with Crippen LogP contribution in [0.25, 0.3) is 11.5 Å². The zero-order valence-corrected chi connectivity index (χ0v) is 15.6. The SMILES string of the molecule is CCc1ccc(C(C)NC(=O)CSc2nnc(-c3ccccc3)o2)cc1. The minimum atomic E-state index is -0.0680. The van der Waals surface area contributed by atoms with Crippen molar-refractivity contribution in [1.82, 2.24) is 15.5 Å². The predicted molar refractivity (Wildman–Crippen MR) is 103 cm³/mol. The summed E-state index contributed by atoms with van der Waals surface area (Å²) >= 11 is 1.23. The molecule has 0 aliphatic rings. The maximum Gasteiger partial charge on any atom is 0.277 e. The van der Waals surface area contributed by atoms with Crippen molar-refractivity contribution in [3.63, 3.8) is 0 Å². The third-order valence-corrected chi connectivity index (χ3v) is 4.84. The monoisotopic (exact) mass is 367 g/mol. The molecule has 1 aromatic heterocycles. The topological polar surface area (TPSA) is 68.0 Å². The van der Waals surface area contributed by atoms with Gasteiger partial charge in [0.05, 0.1) is 11.8 Å². The lowest BCUT2D eigenvalue weighted by atomic mass is 10.1. The van der Waals surface area contributed by atoms with Crippen LogP contribution in [0.2, 0.25) is 0 Å². The van der Waals surface area contributed by atoms with Crippen molar-refractivity contribution in [2.45, 2.75) is 31.5 Å². The Morgan fingerprint density at radius 2 is 1.85 bits per heavy atom.